The number of nitrogens with one attached hydrogen (secondary N) is 1. The van der Waals surface area contributed by atoms with Crippen LogP contribution in [0.2, 0.25) is 0 Å². The largest absolute Gasteiger partial charge is 0.397 e. The van der Waals surface area contributed by atoms with Crippen LogP contribution >= 0.6 is 0 Å². The van der Waals surface area contributed by atoms with E-state index in [2.05, 4.69) is 24.1 Å². The van der Waals surface area contributed by atoms with Crippen LogP contribution in [0.15, 0.2) is 18.2 Å². The molecular formula is C16H26FN3O. The Balaban J connectivity index is 2.33. The second-order valence-electron chi connectivity index (χ2n) is 5.17. The number of benzene rings is 1. The van der Waals surface area contributed by atoms with E-state index < -0.39 is 5.82 Å². The van der Waals surface area contributed by atoms with Crippen LogP contribution in [0.25, 0.3) is 0 Å². The fourth-order valence-electron chi connectivity index (χ4n) is 2.13. The zero-order valence-corrected chi connectivity index (χ0v) is 13.0. The topological polar surface area (TPSA) is 58.4 Å². The summed E-state index contributed by atoms with van der Waals surface area (Å²) < 4.78 is 12.9. The van der Waals surface area contributed by atoms with Crippen LogP contribution in [0.1, 0.15) is 39.5 Å². The molecule has 0 spiro atoms. The summed E-state index contributed by atoms with van der Waals surface area (Å²) in [5.41, 5.74) is 6.38. The van der Waals surface area contributed by atoms with E-state index in [1.54, 1.807) is 0 Å². The lowest BCUT2D eigenvalue weighted by Crippen LogP contribution is -2.26. The standard InChI is InChI=1S/C16H26FN3O/c1-3-5-10-20(4-2)11-6-7-16(21)19-15-9-8-13(17)12-14(15)18/h8-9,12H,3-7,10-11,18H2,1-2H3,(H,19,21). The number of rotatable bonds is 9. The summed E-state index contributed by atoms with van der Waals surface area (Å²) in [6, 6.07) is 3.98. The molecule has 0 aliphatic heterocycles. The number of amides is 1. The quantitative estimate of drug-likeness (QED) is 0.688. The number of carbonyl (C=O) groups excluding carboxylic acids is 1. The van der Waals surface area contributed by atoms with Gasteiger partial charge >= 0.3 is 0 Å². The van der Waals surface area contributed by atoms with Gasteiger partial charge in [-0.15, -0.1) is 0 Å². The second kappa shape index (κ2) is 9.34. The van der Waals surface area contributed by atoms with Crippen molar-refractivity contribution < 1.29 is 9.18 Å². The van der Waals surface area contributed by atoms with Crippen LogP contribution in [0.5, 0.6) is 0 Å². The number of nitrogens with two attached hydrogens (primary N) is 1. The van der Waals surface area contributed by atoms with Crippen LogP contribution in [-0.4, -0.2) is 30.4 Å². The third-order valence-corrected chi connectivity index (χ3v) is 3.44. The van der Waals surface area contributed by atoms with E-state index in [4.69, 9.17) is 5.73 Å². The van der Waals surface area contributed by atoms with E-state index in [0.29, 0.717) is 12.1 Å². The number of nitrogens with zero attached hydrogens (tertiary/aromatic N) is 1. The van der Waals surface area contributed by atoms with Gasteiger partial charge in [-0.25, -0.2) is 4.39 Å². The maximum atomic E-state index is 12.9. The van der Waals surface area contributed by atoms with Crippen molar-refractivity contribution in [3.63, 3.8) is 0 Å². The zero-order valence-electron chi connectivity index (χ0n) is 13.0. The Morgan fingerprint density at radius 2 is 2.00 bits per heavy atom. The van der Waals surface area contributed by atoms with Gasteiger partial charge in [-0.05, 0) is 50.7 Å². The molecule has 0 bridgehead atoms. The molecule has 0 unspecified atom stereocenters. The first-order valence-electron chi connectivity index (χ1n) is 7.64. The predicted octanol–water partition coefficient (Wildman–Crippen LogP) is 3.25. The lowest BCUT2D eigenvalue weighted by atomic mass is 10.2. The molecule has 5 heteroatoms. The van der Waals surface area contributed by atoms with Crippen molar-refractivity contribution >= 4 is 17.3 Å². The van der Waals surface area contributed by atoms with Crippen molar-refractivity contribution in [2.24, 2.45) is 0 Å². The minimum atomic E-state index is -0.403. The van der Waals surface area contributed by atoms with Crippen molar-refractivity contribution in [1.29, 1.82) is 0 Å². The van der Waals surface area contributed by atoms with Crippen LogP contribution in [0, 0.1) is 5.82 Å². The summed E-state index contributed by atoms with van der Waals surface area (Å²) in [6.45, 7) is 7.32. The summed E-state index contributed by atoms with van der Waals surface area (Å²) in [5, 5.41) is 2.72. The maximum Gasteiger partial charge on any atom is 0.224 e. The molecule has 4 nitrogen and oxygen atoms in total. The van der Waals surface area contributed by atoms with Crippen LogP contribution in [0.4, 0.5) is 15.8 Å². The zero-order chi connectivity index (χ0) is 15.7. The molecule has 1 rings (SSSR count). The highest BCUT2D eigenvalue weighted by Crippen LogP contribution is 2.19. The van der Waals surface area contributed by atoms with Crippen LogP contribution in [0.3, 0.4) is 0 Å². The first kappa shape index (κ1) is 17.4. The highest BCUT2D eigenvalue weighted by atomic mass is 19.1. The first-order chi connectivity index (χ1) is 10.1. The fraction of sp³-hybridized carbons (Fsp3) is 0.562. The Bertz CT molecular complexity index is 451. The molecule has 118 valence electrons. The first-order valence-corrected chi connectivity index (χ1v) is 7.64. The highest BCUT2D eigenvalue weighted by molar-refractivity contribution is 5.93. The number of halogens is 1. The lowest BCUT2D eigenvalue weighted by Gasteiger charge is -2.19. The molecule has 0 radical (unpaired) electrons. The smallest absolute Gasteiger partial charge is 0.224 e. The van der Waals surface area contributed by atoms with Gasteiger partial charge < -0.3 is 16.0 Å². The van der Waals surface area contributed by atoms with Gasteiger partial charge in [-0.2, -0.15) is 0 Å². The summed E-state index contributed by atoms with van der Waals surface area (Å²) in [7, 11) is 0. The number of anilines is 2. The SMILES string of the molecule is CCCCN(CC)CCCC(=O)Nc1ccc(F)cc1N. The molecule has 1 aromatic rings. The molecule has 0 saturated heterocycles. The Morgan fingerprint density at radius 3 is 2.62 bits per heavy atom. The minimum Gasteiger partial charge on any atom is -0.397 e. The van der Waals surface area contributed by atoms with E-state index in [1.165, 1.54) is 31.0 Å². The third kappa shape index (κ3) is 6.58. The highest BCUT2D eigenvalue weighted by Gasteiger charge is 2.07. The Labute approximate surface area is 126 Å². The maximum absolute atomic E-state index is 12.9. The molecule has 21 heavy (non-hydrogen) atoms. The molecule has 1 aromatic carbocycles. The van der Waals surface area contributed by atoms with E-state index in [-0.39, 0.29) is 11.6 Å². The lowest BCUT2D eigenvalue weighted by molar-refractivity contribution is -0.116. The number of unbranched alkanes of at least 4 members (excludes halogenated alkanes) is 1. The van der Waals surface area contributed by atoms with Gasteiger partial charge in [-0.3, -0.25) is 4.79 Å². The molecule has 0 saturated carbocycles. The summed E-state index contributed by atoms with van der Waals surface area (Å²) >= 11 is 0. The van der Waals surface area contributed by atoms with Crippen molar-refractivity contribution in [1.82, 2.24) is 4.90 Å². The van der Waals surface area contributed by atoms with Crippen molar-refractivity contribution in [2.45, 2.75) is 39.5 Å². The van der Waals surface area contributed by atoms with Gasteiger partial charge in [0.25, 0.3) is 0 Å². The van der Waals surface area contributed by atoms with E-state index in [9.17, 15) is 9.18 Å². The summed E-state index contributed by atoms with van der Waals surface area (Å²) in [4.78, 5) is 14.2. The summed E-state index contributed by atoms with van der Waals surface area (Å²) in [5.74, 6) is -0.486. The van der Waals surface area contributed by atoms with Crippen molar-refractivity contribution in [2.75, 3.05) is 30.7 Å². The minimum absolute atomic E-state index is 0.0835. The molecule has 0 aromatic heterocycles. The molecule has 0 aliphatic rings. The molecule has 0 atom stereocenters. The van der Waals surface area contributed by atoms with E-state index in [1.807, 2.05) is 0 Å². The second-order valence-corrected chi connectivity index (χ2v) is 5.17. The van der Waals surface area contributed by atoms with Gasteiger partial charge in [0.15, 0.2) is 0 Å². The van der Waals surface area contributed by atoms with Crippen LogP contribution < -0.4 is 11.1 Å². The van der Waals surface area contributed by atoms with Gasteiger partial charge in [0.05, 0.1) is 11.4 Å². The van der Waals surface area contributed by atoms with Gasteiger partial charge in [0.2, 0.25) is 5.91 Å². The fourth-order valence-corrected chi connectivity index (χ4v) is 2.13. The number of nitrogen functional groups attached to an aromatic ring is 1. The predicted molar refractivity (Wildman–Crippen MR) is 85.7 cm³/mol. The van der Waals surface area contributed by atoms with Crippen molar-refractivity contribution in [3.8, 4) is 0 Å². The van der Waals surface area contributed by atoms with E-state index >= 15 is 0 Å². The average molecular weight is 295 g/mol. The molecular weight excluding hydrogens is 269 g/mol. The molecule has 3 N–H and O–H groups in total. The van der Waals surface area contributed by atoms with Gasteiger partial charge in [-0.1, -0.05) is 20.3 Å². The number of carbonyl (C=O) groups is 1. The van der Waals surface area contributed by atoms with Gasteiger partial charge in [0, 0.05) is 6.42 Å². The van der Waals surface area contributed by atoms with Gasteiger partial charge in [0.1, 0.15) is 5.82 Å². The normalized spacial score (nSPS) is 10.9. The van der Waals surface area contributed by atoms with E-state index in [0.717, 1.165) is 26.1 Å². The molecule has 0 aliphatic carbocycles. The van der Waals surface area contributed by atoms with Crippen LogP contribution in [-0.2, 0) is 4.79 Å². The summed E-state index contributed by atoms with van der Waals surface area (Å²) in [6.07, 6.45) is 3.62. The van der Waals surface area contributed by atoms with Crippen molar-refractivity contribution in [3.05, 3.63) is 24.0 Å². The Morgan fingerprint density at radius 1 is 1.29 bits per heavy atom. The Kier molecular flexibility index (Phi) is 7.75. The molecule has 0 fully saturated rings. The number of hydrogen-bond donors (Lipinski definition) is 2. The average Bonchev–Trinajstić information content (AvgIpc) is 2.45. The Hall–Kier alpha value is -1.62. The molecule has 0 heterocycles. The third-order valence-electron chi connectivity index (χ3n) is 3.44. The number of hydrogen-bond acceptors (Lipinski definition) is 3. The molecule has 1 amide bonds. The monoisotopic (exact) mass is 295 g/mol.